The molecule has 1 aromatic carbocycles. The Hall–Kier alpha value is -2.25. The summed E-state index contributed by atoms with van der Waals surface area (Å²) < 4.78 is 26.7. The number of aromatic nitrogens is 1. The Morgan fingerprint density at radius 2 is 1.83 bits per heavy atom. The number of rotatable bonds is 8. The lowest BCUT2D eigenvalue weighted by atomic mass is 10.1. The minimum Gasteiger partial charge on any atom is -0.370 e. The van der Waals surface area contributed by atoms with Crippen LogP contribution < -0.4 is 5.73 Å². The second-order valence-corrected chi connectivity index (χ2v) is 6.98. The van der Waals surface area contributed by atoms with Gasteiger partial charge in [-0.25, -0.2) is 8.42 Å². The standard InChI is InChI=1S/C16H19N3O3S/c17-16(20)9-12-19(11-8-14-5-2-1-3-6-14)23(21,22)15-7-4-10-18-13-15/h1-7,10,13H,8-9,11-12H2,(H2,17,20). The minimum atomic E-state index is -3.70. The summed E-state index contributed by atoms with van der Waals surface area (Å²) in [4.78, 5) is 15.0. The van der Waals surface area contributed by atoms with Crippen LogP contribution in [0.3, 0.4) is 0 Å². The summed E-state index contributed by atoms with van der Waals surface area (Å²) in [6.45, 7) is 0.327. The third-order valence-corrected chi connectivity index (χ3v) is 5.25. The number of nitrogens with zero attached hydrogens (tertiary/aromatic N) is 2. The van der Waals surface area contributed by atoms with Gasteiger partial charge >= 0.3 is 0 Å². The topological polar surface area (TPSA) is 93.4 Å². The van der Waals surface area contributed by atoms with Gasteiger partial charge in [-0.2, -0.15) is 4.31 Å². The SMILES string of the molecule is NC(=O)CCN(CCc1ccccc1)S(=O)(=O)c1cccnc1. The number of carbonyl (C=O) groups excluding carboxylic acids is 1. The first-order valence-corrected chi connectivity index (χ1v) is 8.66. The van der Waals surface area contributed by atoms with Gasteiger partial charge in [0.15, 0.2) is 0 Å². The fourth-order valence-electron chi connectivity index (χ4n) is 2.13. The van der Waals surface area contributed by atoms with Crippen LogP contribution in [-0.4, -0.2) is 36.7 Å². The first-order chi connectivity index (χ1) is 11.0. The second-order valence-electron chi connectivity index (χ2n) is 5.04. The molecule has 0 unspecified atom stereocenters. The summed E-state index contributed by atoms with van der Waals surface area (Å²) >= 11 is 0. The maximum atomic E-state index is 12.7. The van der Waals surface area contributed by atoms with Crippen molar-refractivity contribution >= 4 is 15.9 Å². The second kappa shape index (κ2) is 7.85. The summed E-state index contributed by atoms with van der Waals surface area (Å²) in [6, 6.07) is 12.6. The number of benzene rings is 1. The van der Waals surface area contributed by atoms with Crippen molar-refractivity contribution in [2.24, 2.45) is 5.73 Å². The van der Waals surface area contributed by atoms with Crippen LogP contribution in [0.5, 0.6) is 0 Å². The molecule has 7 heteroatoms. The summed E-state index contributed by atoms with van der Waals surface area (Å²) in [5.74, 6) is -0.531. The molecular weight excluding hydrogens is 314 g/mol. The molecule has 1 heterocycles. The van der Waals surface area contributed by atoms with E-state index in [-0.39, 0.29) is 24.4 Å². The number of hydrogen-bond acceptors (Lipinski definition) is 4. The van der Waals surface area contributed by atoms with E-state index in [4.69, 9.17) is 5.73 Å². The molecule has 1 aromatic heterocycles. The molecule has 1 amide bonds. The van der Waals surface area contributed by atoms with E-state index in [1.54, 1.807) is 6.07 Å². The van der Waals surface area contributed by atoms with Gasteiger partial charge < -0.3 is 5.73 Å². The largest absolute Gasteiger partial charge is 0.370 e. The van der Waals surface area contributed by atoms with E-state index in [1.165, 1.54) is 22.8 Å². The van der Waals surface area contributed by atoms with Gasteiger partial charge in [0.2, 0.25) is 15.9 Å². The van der Waals surface area contributed by atoms with Crippen molar-refractivity contribution in [3.05, 3.63) is 60.4 Å². The number of amides is 1. The van der Waals surface area contributed by atoms with Crippen LogP contribution in [0.1, 0.15) is 12.0 Å². The van der Waals surface area contributed by atoms with Gasteiger partial charge in [-0.05, 0) is 24.1 Å². The summed E-state index contributed by atoms with van der Waals surface area (Å²) in [7, 11) is -3.70. The molecule has 0 fully saturated rings. The van der Waals surface area contributed by atoms with E-state index in [0.717, 1.165) is 5.56 Å². The lowest BCUT2D eigenvalue weighted by molar-refractivity contribution is -0.118. The van der Waals surface area contributed by atoms with Crippen molar-refractivity contribution < 1.29 is 13.2 Å². The smallest absolute Gasteiger partial charge is 0.244 e. The van der Waals surface area contributed by atoms with Crippen LogP contribution in [0.15, 0.2) is 59.8 Å². The Morgan fingerprint density at radius 1 is 1.09 bits per heavy atom. The number of nitrogens with two attached hydrogens (primary N) is 1. The maximum absolute atomic E-state index is 12.7. The number of pyridine rings is 1. The number of hydrogen-bond donors (Lipinski definition) is 1. The monoisotopic (exact) mass is 333 g/mol. The lowest BCUT2D eigenvalue weighted by Gasteiger charge is -2.21. The van der Waals surface area contributed by atoms with Gasteiger partial charge in [0, 0.05) is 31.9 Å². The van der Waals surface area contributed by atoms with Gasteiger partial charge in [-0.1, -0.05) is 30.3 Å². The van der Waals surface area contributed by atoms with Gasteiger partial charge in [0.25, 0.3) is 0 Å². The number of carbonyl (C=O) groups is 1. The van der Waals surface area contributed by atoms with Crippen LogP contribution in [0.4, 0.5) is 0 Å². The molecule has 0 saturated carbocycles. The van der Waals surface area contributed by atoms with Gasteiger partial charge in [-0.3, -0.25) is 9.78 Å². The average Bonchev–Trinajstić information content (AvgIpc) is 2.56. The molecule has 0 bridgehead atoms. The Labute approximate surface area is 136 Å². The van der Waals surface area contributed by atoms with Crippen LogP contribution in [0, 0.1) is 0 Å². The molecule has 0 aliphatic heterocycles. The molecule has 2 N–H and O–H groups in total. The van der Waals surface area contributed by atoms with Crippen molar-refractivity contribution in [3.63, 3.8) is 0 Å². The average molecular weight is 333 g/mol. The zero-order valence-electron chi connectivity index (χ0n) is 12.6. The lowest BCUT2D eigenvalue weighted by Crippen LogP contribution is -2.35. The molecule has 23 heavy (non-hydrogen) atoms. The fraction of sp³-hybridized carbons (Fsp3) is 0.250. The summed E-state index contributed by atoms with van der Waals surface area (Å²) in [5, 5.41) is 0. The molecule has 0 saturated heterocycles. The zero-order chi connectivity index (χ0) is 16.7. The first kappa shape index (κ1) is 17.1. The van der Waals surface area contributed by atoms with Gasteiger partial charge in [0.1, 0.15) is 4.90 Å². The molecular formula is C16H19N3O3S. The molecule has 0 radical (unpaired) electrons. The Bertz CT molecular complexity index is 734. The molecule has 2 rings (SSSR count). The fourth-order valence-corrected chi connectivity index (χ4v) is 3.54. The number of primary amides is 1. The van der Waals surface area contributed by atoms with Gasteiger partial charge in [-0.15, -0.1) is 0 Å². The predicted octanol–water partition coefficient (Wildman–Crippen LogP) is 1.19. The van der Waals surface area contributed by atoms with E-state index in [2.05, 4.69) is 4.98 Å². The molecule has 2 aromatic rings. The van der Waals surface area contributed by atoms with Crippen molar-refractivity contribution in [2.75, 3.05) is 13.1 Å². The van der Waals surface area contributed by atoms with E-state index in [0.29, 0.717) is 6.42 Å². The van der Waals surface area contributed by atoms with Crippen molar-refractivity contribution in [1.29, 1.82) is 0 Å². The highest BCUT2D eigenvalue weighted by atomic mass is 32.2. The molecule has 0 aliphatic rings. The highest BCUT2D eigenvalue weighted by Crippen LogP contribution is 2.15. The number of sulfonamides is 1. The third-order valence-electron chi connectivity index (χ3n) is 3.37. The van der Waals surface area contributed by atoms with Gasteiger partial charge in [0.05, 0.1) is 0 Å². The Morgan fingerprint density at radius 3 is 2.43 bits per heavy atom. The quantitative estimate of drug-likeness (QED) is 0.785. The summed E-state index contributed by atoms with van der Waals surface area (Å²) in [6.07, 6.45) is 3.35. The Balaban J connectivity index is 2.18. The Kier molecular flexibility index (Phi) is 5.84. The highest BCUT2D eigenvalue weighted by molar-refractivity contribution is 7.89. The highest BCUT2D eigenvalue weighted by Gasteiger charge is 2.24. The van der Waals surface area contributed by atoms with Crippen molar-refractivity contribution in [3.8, 4) is 0 Å². The van der Waals surface area contributed by atoms with Crippen LogP contribution >= 0.6 is 0 Å². The van der Waals surface area contributed by atoms with Crippen molar-refractivity contribution in [2.45, 2.75) is 17.7 Å². The van der Waals surface area contributed by atoms with E-state index >= 15 is 0 Å². The van der Waals surface area contributed by atoms with Crippen LogP contribution in [-0.2, 0) is 21.2 Å². The molecule has 6 nitrogen and oxygen atoms in total. The maximum Gasteiger partial charge on any atom is 0.244 e. The molecule has 0 spiro atoms. The first-order valence-electron chi connectivity index (χ1n) is 7.22. The van der Waals surface area contributed by atoms with Crippen LogP contribution in [0.25, 0.3) is 0 Å². The molecule has 122 valence electrons. The zero-order valence-corrected chi connectivity index (χ0v) is 13.4. The van der Waals surface area contributed by atoms with Crippen LogP contribution in [0.2, 0.25) is 0 Å². The minimum absolute atomic E-state index is 0.0196. The third kappa shape index (κ3) is 4.87. The predicted molar refractivity (Wildman–Crippen MR) is 87.0 cm³/mol. The van der Waals surface area contributed by atoms with E-state index in [9.17, 15) is 13.2 Å². The van der Waals surface area contributed by atoms with E-state index in [1.807, 2.05) is 30.3 Å². The molecule has 0 aliphatic carbocycles. The van der Waals surface area contributed by atoms with Crippen molar-refractivity contribution in [1.82, 2.24) is 9.29 Å². The van der Waals surface area contributed by atoms with E-state index < -0.39 is 15.9 Å². The molecule has 0 atom stereocenters. The normalized spacial score (nSPS) is 11.5. The summed E-state index contributed by atoms with van der Waals surface area (Å²) in [5.41, 5.74) is 6.18.